The SMILES string of the molecule is CCCCCCCCCCC(NCC)C1CCOC1. The fourth-order valence-corrected chi connectivity index (χ4v) is 3.13. The molecule has 0 radical (unpaired) electrons. The van der Waals surface area contributed by atoms with Crippen LogP contribution in [0, 0.1) is 5.92 Å². The highest BCUT2D eigenvalue weighted by molar-refractivity contribution is 4.79. The summed E-state index contributed by atoms with van der Waals surface area (Å²) in [4.78, 5) is 0. The van der Waals surface area contributed by atoms with Gasteiger partial charge in [-0.2, -0.15) is 0 Å². The number of nitrogens with one attached hydrogen (secondary N) is 1. The second kappa shape index (κ2) is 11.7. The van der Waals surface area contributed by atoms with E-state index in [4.69, 9.17) is 4.74 Å². The van der Waals surface area contributed by atoms with Crippen molar-refractivity contribution >= 4 is 0 Å². The van der Waals surface area contributed by atoms with Crippen molar-refractivity contribution in [2.24, 2.45) is 5.92 Å². The van der Waals surface area contributed by atoms with Crippen molar-refractivity contribution in [1.82, 2.24) is 5.32 Å². The molecule has 114 valence electrons. The molecule has 0 spiro atoms. The molecule has 1 saturated heterocycles. The predicted molar refractivity (Wildman–Crippen MR) is 83.6 cm³/mol. The molecule has 0 saturated carbocycles. The highest BCUT2D eigenvalue weighted by Crippen LogP contribution is 2.21. The van der Waals surface area contributed by atoms with Crippen LogP contribution in [0.3, 0.4) is 0 Å². The normalized spacial score (nSPS) is 20.8. The van der Waals surface area contributed by atoms with Gasteiger partial charge >= 0.3 is 0 Å². The van der Waals surface area contributed by atoms with Crippen molar-refractivity contribution < 1.29 is 4.74 Å². The van der Waals surface area contributed by atoms with E-state index >= 15 is 0 Å². The Bertz CT molecular complexity index is 190. The summed E-state index contributed by atoms with van der Waals surface area (Å²) in [6, 6.07) is 0.701. The lowest BCUT2D eigenvalue weighted by Crippen LogP contribution is -2.36. The van der Waals surface area contributed by atoms with Gasteiger partial charge in [-0.3, -0.25) is 0 Å². The van der Waals surface area contributed by atoms with Gasteiger partial charge in [-0.1, -0.05) is 65.2 Å². The third kappa shape index (κ3) is 7.94. The Balaban J connectivity index is 1.98. The molecule has 1 N–H and O–H groups in total. The first-order valence-corrected chi connectivity index (χ1v) is 8.69. The van der Waals surface area contributed by atoms with Gasteiger partial charge in [0.1, 0.15) is 0 Å². The molecule has 2 atom stereocenters. The van der Waals surface area contributed by atoms with Crippen molar-refractivity contribution in [2.45, 2.75) is 84.1 Å². The Morgan fingerprint density at radius 3 is 2.26 bits per heavy atom. The van der Waals surface area contributed by atoms with E-state index in [2.05, 4.69) is 19.2 Å². The number of hydrogen-bond donors (Lipinski definition) is 1. The van der Waals surface area contributed by atoms with Gasteiger partial charge in [-0.15, -0.1) is 0 Å². The van der Waals surface area contributed by atoms with Crippen LogP contribution in [0.15, 0.2) is 0 Å². The van der Waals surface area contributed by atoms with E-state index in [-0.39, 0.29) is 0 Å². The first-order valence-electron chi connectivity index (χ1n) is 8.69. The molecule has 0 aromatic heterocycles. The molecule has 1 aliphatic heterocycles. The van der Waals surface area contributed by atoms with E-state index in [9.17, 15) is 0 Å². The zero-order chi connectivity index (χ0) is 13.8. The number of rotatable bonds is 12. The van der Waals surface area contributed by atoms with Crippen LogP contribution in [0.2, 0.25) is 0 Å². The number of unbranched alkanes of at least 4 members (excludes halogenated alkanes) is 7. The third-order valence-corrected chi connectivity index (χ3v) is 4.37. The van der Waals surface area contributed by atoms with E-state index in [0.29, 0.717) is 6.04 Å². The molecule has 0 aliphatic carbocycles. The topological polar surface area (TPSA) is 21.3 Å². The Morgan fingerprint density at radius 2 is 1.68 bits per heavy atom. The average Bonchev–Trinajstić information content (AvgIpc) is 2.94. The van der Waals surface area contributed by atoms with Gasteiger partial charge in [0.15, 0.2) is 0 Å². The zero-order valence-corrected chi connectivity index (χ0v) is 13.3. The Labute approximate surface area is 120 Å². The maximum Gasteiger partial charge on any atom is 0.0510 e. The summed E-state index contributed by atoms with van der Waals surface area (Å²) in [7, 11) is 0. The molecule has 1 rings (SSSR count). The standard InChI is InChI=1S/C17H35NO/c1-3-5-6-7-8-9-10-11-12-17(18-4-2)16-13-14-19-15-16/h16-18H,3-15H2,1-2H3. The molecule has 0 aromatic carbocycles. The Morgan fingerprint density at radius 1 is 1.00 bits per heavy atom. The lowest BCUT2D eigenvalue weighted by molar-refractivity contribution is 0.175. The summed E-state index contributed by atoms with van der Waals surface area (Å²) in [6.07, 6.45) is 14.0. The zero-order valence-electron chi connectivity index (χ0n) is 13.3. The summed E-state index contributed by atoms with van der Waals surface area (Å²) in [5.41, 5.74) is 0. The van der Waals surface area contributed by atoms with Crippen LogP contribution in [0.25, 0.3) is 0 Å². The third-order valence-electron chi connectivity index (χ3n) is 4.37. The first-order chi connectivity index (χ1) is 9.38. The molecule has 1 aliphatic rings. The van der Waals surface area contributed by atoms with Crippen molar-refractivity contribution in [3.05, 3.63) is 0 Å². The molecule has 0 aromatic rings. The lowest BCUT2D eigenvalue weighted by Gasteiger charge is -2.23. The fraction of sp³-hybridized carbons (Fsp3) is 1.00. The molecule has 2 nitrogen and oxygen atoms in total. The first kappa shape index (κ1) is 17.0. The van der Waals surface area contributed by atoms with E-state index in [1.165, 1.54) is 64.2 Å². The lowest BCUT2D eigenvalue weighted by atomic mass is 9.93. The van der Waals surface area contributed by atoms with E-state index < -0.39 is 0 Å². The van der Waals surface area contributed by atoms with Gasteiger partial charge in [0.25, 0.3) is 0 Å². The average molecular weight is 269 g/mol. The van der Waals surface area contributed by atoms with Crippen molar-refractivity contribution in [1.29, 1.82) is 0 Å². The van der Waals surface area contributed by atoms with Gasteiger partial charge in [0, 0.05) is 12.6 Å². The minimum Gasteiger partial charge on any atom is -0.381 e. The van der Waals surface area contributed by atoms with Crippen LogP contribution < -0.4 is 5.32 Å². The van der Waals surface area contributed by atoms with Crippen molar-refractivity contribution in [3.8, 4) is 0 Å². The highest BCUT2D eigenvalue weighted by Gasteiger charge is 2.24. The van der Waals surface area contributed by atoms with E-state index in [1.807, 2.05) is 0 Å². The van der Waals surface area contributed by atoms with Crippen LogP contribution in [-0.2, 0) is 4.74 Å². The van der Waals surface area contributed by atoms with Crippen molar-refractivity contribution in [2.75, 3.05) is 19.8 Å². The van der Waals surface area contributed by atoms with Gasteiger partial charge in [0.2, 0.25) is 0 Å². The number of hydrogen-bond acceptors (Lipinski definition) is 2. The minimum atomic E-state index is 0.701. The molecular weight excluding hydrogens is 234 g/mol. The quantitative estimate of drug-likeness (QED) is 0.525. The molecule has 0 bridgehead atoms. The summed E-state index contributed by atoms with van der Waals surface area (Å²) in [5.74, 6) is 0.768. The summed E-state index contributed by atoms with van der Waals surface area (Å²) >= 11 is 0. The maximum atomic E-state index is 5.53. The molecule has 2 unspecified atom stereocenters. The largest absolute Gasteiger partial charge is 0.381 e. The second-order valence-electron chi connectivity index (χ2n) is 6.05. The molecule has 1 heterocycles. The summed E-state index contributed by atoms with van der Waals surface area (Å²) < 4.78 is 5.53. The predicted octanol–water partition coefficient (Wildman–Crippen LogP) is 4.53. The smallest absolute Gasteiger partial charge is 0.0510 e. The minimum absolute atomic E-state index is 0.701. The molecule has 0 amide bonds. The Hall–Kier alpha value is -0.0800. The summed E-state index contributed by atoms with van der Waals surface area (Å²) in [6.45, 7) is 7.56. The van der Waals surface area contributed by atoms with Crippen LogP contribution in [0.5, 0.6) is 0 Å². The Kier molecular flexibility index (Phi) is 10.5. The molecular formula is C17H35NO. The summed E-state index contributed by atoms with van der Waals surface area (Å²) in [5, 5.41) is 3.66. The monoisotopic (exact) mass is 269 g/mol. The van der Waals surface area contributed by atoms with Crippen LogP contribution in [0.4, 0.5) is 0 Å². The molecule has 1 fully saturated rings. The maximum absolute atomic E-state index is 5.53. The van der Waals surface area contributed by atoms with E-state index in [1.54, 1.807) is 0 Å². The fourth-order valence-electron chi connectivity index (χ4n) is 3.13. The van der Waals surface area contributed by atoms with Crippen LogP contribution in [0.1, 0.15) is 78.1 Å². The highest BCUT2D eigenvalue weighted by atomic mass is 16.5. The van der Waals surface area contributed by atoms with Crippen LogP contribution >= 0.6 is 0 Å². The molecule has 19 heavy (non-hydrogen) atoms. The van der Waals surface area contributed by atoms with Gasteiger partial charge in [-0.25, -0.2) is 0 Å². The second-order valence-corrected chi connectivity index (χ2v) is 6.05. The van der Waals surface area contributed by atoms with Crippen molar-refractivity contribution in [3.63, 3.8) is 0 Å². The van der Waals surface area contributed by atoms with Gasteiger partial charge < -0.3 is 10.1 Å². The van der Waals surface area contributed by atoms with Gasteiger partial charge in [0.05, 0.1) is 6.61 Å². The molecule has 2 heteroatoms. The van der Waals surface area contributed by atoms with E-state index in [0.717, 1.165) is 25.7 Å². The number of ether oxygens (including phenoxy) is 1. The van der Waals surface area contributed by atoms with Gasteiger partial charge in [-0.05, 0) is 25.3 Å². The van der Waals surface area contributed by atoms with Crippen LogP contribution in [-0.4, -0.2) is 25.8 Å².